The quantitative estimate of drug-likeness (QED) is 0.931. The Hall–Kier alpha value is -2.69. The van der Waals surface area contributed by atoms with Gasteiger partial charge in [-0.15, -0.1) is 0 Å². The van der Waals surface area contributed by atoms with E-state index in [1.54, 1.807) is 29.3 Å². The zero-order valence-electron chi connectivity index (χ0n) is 14.7. The van der Waals surface area contributed by atoms with Crippen molar-refractivity contribution in [3.8, 4) is 0 Å². The van der Waals surface area contributed by atoms with Gasteiger partial charge in [0.1, 0.15) is 5.69 Å². The number of carbonyl (C=O) groups is 2. The Morgan fingerprint density at radius 3 is 2.68 bits per heavy atom. The average molecular weight is 337 g/mol. The molecule has 1 aromatic heterocycles. The lowest BCUT2D eigenvalue weighted by atomic mass is 10.00. The fourth-order valence-corrected chi connectivity index (χ4v) is 3.25. The first-order valence-electron chi connectivity index (χ1n) is 8.53. The van der Waals surface area contributed by atoms with Gasteiger partial charge in [0.15, 0.2) is 0 Å². The molecule has 25 heavy (non-hydrogen) atoms. The van der Waals surface area contributed by atoms with Crippen LogP contribution in [0.4, 0.5) is 0 Å². The molecule has 0 saturated carbocycles. The number of rotatable bonds is 4. The average Bonchev–Trinajstić information content (AvgIpc) is 2.98. The Morgan fingerprint density at radius 2 is 1.96 bits per heavy atom. The second-order valence-corrected chi connectivity index (χ2v) is 6.90. The summed E-state index contributed by atoms with van der Waals surface area (Å²) in [5.74, 6) is -0.0959. The summed E-state index contributed by atoms with van der Waals surface area (Å²) in [5, 5.41) is 3.11. The molecule has 130 valence electrons. The van der Waals surface area contributed by atoms with E-state index >= 15 is 0 Å². The van der Waals surface area contributed by atoms with Crippen molar-refractivity contribution in [2.24, 2.45) is 0 Å². The molecule has 0 bridgehead atoms. The predicted molar refractivity (Wildman–Crippen MR) is 96.2 cm³/mol. The van der Waals surface area contributed by atoms with Crippen LogP contribution >= 0.6 is 0 Å². The number of hydrogen-bond acceptors (Lipinski definition) is 3. The Balaban J connectivity index is 1.61. The van der Waals surface area contributed by atoms with E-state index in [4.69, 9.17) is 0 Å². The number of nitrogens with zero attached hydrogens (tertiary/aromatic N) is 2. The van der Waals surface area contributed by atoms with Crippen LogP contribution in [0.1, 0.15) is 35.0 Å². The van der Waals surface area contributed by atoms with E-state index in [9.17, 15) is 9.59 Å². The van der Waals surface area contributed by atoms with Crippen molar-refractivity contribution in [2.75, 3.05) is 13.1 Å². The molecule has 5 nitrogen and oxygen atoms in total. The van der Waals surface area contributed by atoms with Gasteiger partial charge in [0, 0.05) is 19.3 Å². The largest absolute Gasteiger partial charge is 0.349 e. The van der Waals surface area contributed by atoms with Gasteiger partial charge in [0.2, 0.25) is 5.91 Å². The first-order chi connectivity index (χ1) is 12.0. The van der Waals surface area contributed by atoms with E-state index in [0.717, 1.165) is 17.5 Å². The normalized spacial score (nSPS) is 19.7. The van der Waals surface area contributed by atoms with Crippen LogP contribution in [0.25, 0.3) is 0 Å². The number of likely N-dealkylation sites (tertiary alicyclic amines) is 1. The van der Waals surface area contributed by atoms with E-state index in [1.807, 2.05) is 38.1 Å². The third-order valence-electron chi connectivity index (χ3n) is 4.70. The Morgan fingerprint density at radius 1 is 1.20 bits per heavy atom. The molecule has 5 heteroatoms. The first-order valence-corrected chi connectivity index (χ1v) is 8.53. The Labute approximate surface area is 148 Å². The summed E-state index contributed by atoms with van der Waals surface area (Å²) < 4.78 is 0. The number of aryl methyl sites for hydroxylation is 1. The second kappa shape index (κ2) is 7.05. The molecule has 2 amide bonds. The number of amides is 2. The van der Waals surface area contributed by atoms with Crippen molar-refractivity contribution in [3.63, 3.8) is 0 Å². The zero-order valence-corrected chi connectivity index (χ0v) is 14.7. The number of aromatic nitrogens is 1. The second-order valence-electron chi connectivity index (χ2n) is 6.90. The lowest BCUT2D eigenvalue weighted by Gasteiger charge is -2.26. The highest BCUT2D eigenvalue weighted by Gasteiger charge is 2.37. The van der Waals surface area contributed by atoms with Crippen LogP contribution in [-0.2, 0) is 11.2 Å². The van der Waals surface area contributed by atoms with Crippen molar-refractivity contribution in [2.45, 2.75) is 32.2 Å². The molecule has 1 saturated heterocycles. The maximum absolute atomic E-state index is 12.5. The maximum atomic E-state index is 12.5. The number of carbonyl (C=O) groups excluding carboxylic acids is 2. The summed E-state index contributed by atoms with van der Waals surface area (Å²) in [6.07, 6.45) is 2.72. The fraction of sp³-hybridized carbons (Fsp3) is 0.350. The van der Waals surface area contributed by atoms with E-state index in [-0.39, 0.29) is 11.8 Å². The van der Waals surface area contributed by atoms with Crippen molar-refractivity contribution >= 4 is 11.8 Å². The molecule has 2 heterocycles. The number of nitrogens with one attached hydrogen (secondary N) is 1. The molecule has 1 unspecified atom stereocenters. The zero-order chi connectivity index (χ0) is 17.9. The maximum Gasteiger partial charge on any atom is 0.272 e. The number of benzene rings is 1. The number of pyridine rings is 1. The molecule has 3 rings (SSSR count). The molecular formula is C20H23N3O2. The van der Waals surface area contributed by atoms with Crippen LogP contribution in [0.15, 0.2) is 48.7 Å². The highest BCUT2D eigenvalue weighted by Crippen LogP contribution is 2.22. The van der Waals surface area contributed by atoms with Crippen LogP contribution in [0.2, 0.25) is 0 Å². The third kappa shape index (κ3) is 4.05. The van der Waals surface area contributed by atoms with Crippen LogP contribution in [-0.4, -0.2) is 40.3 Å². The minimum Gasteiger partial charge on any atom is -0.349 e. The van der Waals surface area contributed by atoms with Crippen molar-refractivity contribution < 1.29 is 9.59 Å². The van der Waals surface area contributed by atoms with Crippen LogP contribution in [0, 0.1) is 6.92 Å². The smallest absolute Gasteiger partial charge is 0.272 e. The highest BCUT2D eigenvalue weighted by atomic mass is 16.2. The van der Waals surface area contributed by atoms with Crippen molar-refractivity contribution in [1.82, 2.24) is 15.2 Å². The Bertz CT molecular complexity index is 776. The SMILES string of the molecule is Cc1ccccc1CC(=O)NC1(C)CCN(C(=O)c2ccccn2)C1. The lowest BCUT2D eigenvalue weighted by molar-refractivity contribution is -0.122. The predicted octanol–water partition coefficient (Wildman–Crippen LogP) is 2.35. The molecular weight excluding hydrogens is 314 g/mol. The minimum absolute atomic E-state index is 0.0102. The van der Waals surface area contributed by atoms with Gasteiger partial charge >= 0.3 is 0 Å². The molecule has 0 spiro atoms. The fourth-order valence-electron chi connectivity index (χ4n) is 3.25. The van der Waals surface area contributed by atoms with E-state index < -0.39 is 5.54 Å². The highest BCUT2D eigenvalue weighted by molar-refractivity contribution is 5.92. The van der Waals surface area contributed by atoms with Crippen LogP contribution < -0.4 is 5.32 Å². The van der Waals surface area contributed by atoms with E-state index in [0.29, 0.717) is 25.2 Å². The van der Waals surface area contributed by atoms with Crippen molar-refractivity contribution in [3.05, 3.63) is 65.5 Å². The van der Waals surface area contributed by atoms with Gasteiger partial charge in [-0.25, -0.2) is 0 Å². The molecule has 1 N–H and O–H groups in total. The summed E-state index contributed by atoms with van der Waals surface area (Å²) >= 11 is 0. The topological polar surface area (TPSA) is 62.3 Å². The van der Waals surface area contributed by atoms with Gasteiger partial charge in [-0.3, -0.25) is 14.6 Å². The number of hydrogen-bond donors (Lipinski definition) is 1. The van der Waals surface area contributed by atoms with Gasteiger partial charge in [-0.1, -0.05) is 30.3 Å². The molecule has 2 aromatic rings. The Kier molecular flexibility index (Phi) is 4.83. The monoisotopic (exact) mass is 337 g/mol. The summed E-state index contributed by atoms with van der Waals surface area (Å²) in [6, 6.07) is 13.2. The van der Waals surface area contributed by atoms with Crippen LogP contribution in [0.5, 0.6) is 0 Å². The van der Waals surface area contributed by atoms with Gasteiger partial charge in [0.05, 0.1) is 12.0 Å². The van der Waals surface area contributed by atoms with Gasteiger partial charge in [-0.05, 0) is 43.5 Å². The van der Waals surface area contributed by atoms with Gasteiger partial charge < -0.3 is 10.2 Å². The summed E-state index contributed by atoms with van der Waals surface area (Å²) in [4.78, 5) is 30.8. The molecule has 1 aliphatic rings. The van der Waals surface area contributed by atoms with Crippen molar-refractivity contribution in [1.29, 1.82) is 0 Å². The van der Waals surface area contributed by atoms with Crippen LogP contribution in [0.3, 0.4) is 0 Å². The third-order valence-corrected chi connectivity index (χ3v) is 4.70. The van der Waals surface area contributed by atoms with Gasteiger partial charge in [0.25, 0.3) is 5.91 Å². The molecule has 0 aliphatic carbocycles. The van der Waals surface area contributed by atoms with Gasteiger partial charge in [-0.2, -0.15) is 0 Å². The lowest BCUT2D eigenvalue weighted by Crippen LogP contribution is -2.49. The molecule has 0 radical (unpaired) electrons. The summed E-state index contributed by atoms with van der Waals surface area (Å²) in [7, 11) is 0. The molecule has 1 aliphatic heterocycles. The summed E-state index contributed by atoms with van der Waals surface area (Å²) in [5.41, 5.74) is 2.19. The first kappa shape index (κ1) is 17.1. The standard InChI is InChI=1S/C20H23N3O2/c1-15-7-3-4-8-16(15)13-18(24)22-20(2)10-12-23(14-20)19(25)17-9-5-6-11-21-17/h3-9,11H,10,12-14H2,1-2H3,(H,22,24). The molecule has 1 aromatic carbocycles. The minimum atomic E-state index is -0.399. The molecule has 1 fully saturated rings. The van der Waals surface area contributed by atoms with E-state index in [2.05, 4.69) is 10.3 Å². The molecule has 1 atom stereocenters. The van der Waals surface area contributed by atoms with E-state index in [1.165, 1.54) is 0 Å². The summed E-state index contributed by atoms with van der Waals surface area (Å²) in [6.45, 7) is 5.13.